The van der Waals surface area contributed by atoms with Gasteiger partial charge in [0, 0.05) is 32.6 Å². The molecule has 0 saturated carbocycles. The number of anilines is 1. The molecule has 7 nitrogen and oxygen atoms in total. The van der Waals surface area contributed by atoms with Crippen molar-refractivity contribution in [3.63, 3.8) is 0 Å². The van der Waals surface area contributed by atoms with Crippen LogP contribution in [0, 0.1) is 6.92 Å². The first kappa shape index (κ1) is 12.8. The number of aromatic nitrogens is 4. The maximum absolute atomic E-state index is 11.6. The highest BCUT2D eigenvalue weighted by Crippen LogP contribution is 2.25. The van der Waals surface area contributed by atoms with Gasteiger partial charge in [-0.15, -0.1) is 0 Å². The lowest BCUT2D eigenvalue weighted by Crippen LogP contribution is -2.38. The molecular weight excluding hydrogens is 256 g/mol. The number of nitrogens with zero attached hydrogens (tertiary/aromatic N) is 5. The number of nitrogens with one attached hydrogen (secondary N) is 1. The van der Waals surface area contributed by atoms with E-state index in [9.17, 15) is 4.79 Å². The fraction of sp³-hybridized carbons (Fsp3) is 0.538. The van der Waals surface area contributed by atoms with E-state index in [1.54, 1.807) is 10.9 Å². The first-order valence-electron chi connectivity index (χ1n) is 6.76. The third kappa shape index (κ3) is 2.09. The first-order valence-corrected chi connectivity index (χ1v) is 6.76. The van der Waals surface area contributed by atoms with Crippen LogP contribution in [0.4, 0.5) is 5.82 Å². The lowest BCUT2D eigenvalue weighted by atomic mass is 10.2. The van der Waals surface area contributed by atoms with Crippen LogP contribution in [0.2, 0.25) is 0 Å². The topological polar surface area (TPSA) is 75.9 Å². The summed E-state index contributed by atoms with van der Waals surface area (Å²) in [5, 5.41) is 8.11. The fourth-order valence-electron chi connectivity index (χ4n) is 2.55. The highest BCUT2D eigenvalue weighted by molar-refractivity contribution is 5.87. The zero-order valence-corrected chi connectivity index (χ0v) is 11.9. The largest absolute Gasteiger partial charge is 0.354 e. The van der Waals surface area contributed by atoms with Gasteiger partial charge in [-0.3, -0.25) is 9.48 Å². The SMILES string of the molecule is Cc1nc(N2CCC(=O)NC[C@@H]2C)c2cnn(C)c2n1. The highest BCUT2D eigenvalue weighted by atomic mass is 16.1. The van der Waals surface area contributed by atoms with Crippen LogP contribution in [-0.2, 0) is 11.8 Å². The monoisotopic (exact) mass is 274 g/mol. The standard InChI is InChI=1S/C13H18N6O/c1-8-6-14-11(20)4-5-19(8)13-10-7-15-18(3)12(10)16-9(2)17-13/h7-8H,4-6H2,1-3H3,(H,14,20)/t8-/m0/s1. The molecule has 0 unspecified atom stereocenters. The van der Waals surface area contributed by atoms with E-state index in [1.165, 1.54) is 0 Å². The van der Waals surface area contributed by atoms with Gasteiger partial charge in [-0.2, -0.15) is 5.10 Å². The van der Waals surface area contributed by atoms with Crippen molar-refractivity contribution in [2.75, 3.05) is 18.0 Å². The zero-order chi connectivity index (χ0) is 14.3. The molecule has 1 amide bonds. The van der Waals surface area contributed by atoms with Gasteiger partial charge in [0.2, 0.25) is 5.91 Å². The Bertz CT molecular complexity index is 664. The Kier molecular flexibility index (Phi) is 3.04. The van der Waals surface area contributed by atoms with Gasteiger partial charge in [0.15, 0.2) is 5.65 Å². The molecule has 106 valence electrons. The number of rotatable bonds is 1. The van der Waals surface area contributed by atoms with Crippen molar-refractivity contribution in [2.45, 2.75) is 26.3 Å². The number of fused-ring (bicyclic) bond motifs is 1. The van der Waals surface area contributed by atoms with E-state index in [1.807, 2.05) is 14.0 Å². The average molecular weight is 274 g/mol. The highest BCUT2D eigenvalue weighted by Gasteiger charge is 2.24. The third-order valence-electron chi connectivity index (χ3n) is 3.66. The van der Waals surface area contributed by atoms with Crippen LogP contribution in [-0.4, -0.2) is 44.8 Å². The summed E-state index contributed by atoms with van der Waals surface area (Å²) in [7, 11) is 1.87. The van der Waals surface area contributed by atoms with Crippen LogP contribution in [0.15, 0.2) is 6.20 Å². The molecule has 2 aromatic heterocycles. The molecule has 1 aliphatic heterocycles. The molecule has 1 atom stereocenters. The molecule has 0 bridgehead atoms. The fourth-order valence-corrected chi connectivity index (χ4v) is 2.55. The Hall–Kier alpha value is -2.18. The van der Waals surface area contributed by atoms with Crippen LogP contribution in [0.3, 0.4) is 0 Å². The summed E-state index contributed by atoms with van der Waals surface area (Å²) in [5.41, 5.74) is 0.822. The molecule has 1 saturated heterocycles. The molecule has 1 aliphatic rings. The van der Waals surface area contributed by atoms with Gasteiger partial charge < -0.3 is 10.2 Å². The number of carbonyl (C=O) groups excluding carboxylic acids is 1. The van der Waals surface area contributed by atoms with Gasteiger partial charge in [-0.1, -0.05) is 0 Å². The van der Waals surface area contributed by atoms with Crippen molar-refractivity contribution < 1.29 is 4.79 Å². The minimum atomic E-state index is 0.0903. The molecule has 0 aliphatic carbocycles. The first-order chi connectivity index (χ1) is 9.56. The van der Waals surface area contributed by atoms with Crippen LogP contribution >= 0.6 is 0 Å². The average Bonchev–Trinajstić information content (AvgIpc) is 2.69. The van der Waals surface area contributed by atoms with Crippen molar-refractivity contribution >= 4 is 22.8 Å². The summed E-state index contributed by atoms with van der Waals surface area (Å²) in [6, 6.07) is 0.194. The second-order valence-corrected chi connectivity index (χ2v) is 5.20. The summed E-state index contributed by atoms with van der Waals surface area (Å²) < 4.78 is 1.75. The Balaban J connectivity index is 2.10. The van der Waals surface area contributed by atoms with E-state index in [4.69, 9.17) is 0 Å². The normalized spacial score (nSPS) is 20.1. The maximum Gasteiger partial charge on any atom is 0.221 e. The molecule has 0 aromatic carbocycles. The quantitative estimate of drug-likeness (QED) is 0.814. The Morgan fingerprint density at radius 2 is 2.20 bits per heavy atom. The van der Waals surface area contributed by atoms with Gasteiger partial charge >= 0.3 is 0 Å². The molecule has 3 heterocycles. The molecule has 3 rings (SSSR count). The van der Waals surface area contributed by atoms with E-state index < -0.39 is 0 Å². The number of aryl methyl sites for hydroxylation is 2. The molecule has 0 spiro atoms. The molecule has 1 fully saturated rings. The second-order valence-electron chi connectivity index (χ2n) is 5.20. The summed E-state index contributed by atoms with van der Waals surface area (Å²) >= 11 is 0. The van der Waals surface area contributed by atoms with Crippen LogP contribution in [0.1, 0.15) is 19.2 Å². The minimum Gasteiger partial charge on any atom is -0.354 e. The van der Waals surface area contributed by atoms with Crippen molar-refractivity contribution in [1.29, 1.82) is 0 Å². The molecule has 20 heavy (non-hydrogen) atoms. The Labute approximate surface area is 117 Å². The molecule has 1 N–H and O–H groups in total. The predicted molar refractivity (Wildman–Crippen MR) is 75.5 cm³/mol. The Morgan fingerprint density at radius 1 is 1.40 bits per heavy atom. The number of hydrogen-bond acceptors (Lipinski definition) is 5. The Morgan fingerprint density at radius 3 is 3.00 bits per heavy atom. The zero-order valence-electron chi connectivity index (χ0n) is 11.9. The van der Waals surface area contributed by atoms with Crippen molar-refractivity contribution in [3.8, 4) is 0 Å². The number of hydrogen-bond donors (Lipinski definition) is 1. The molecule has 0 radical (unpaired) electrons. The summed E-state index contributed by atoms with van der Waals surface area (Å²) in [6.07, 6.45) is 2.27. The van der Waals surface area contributed by atoms with Crippen LogP contribution in [0.5, 0.6) is 0 Å². The summed E-state index contributed by atoms with van der Waals surface area (Å²) in [5.74, 6) is 1.67. The lowest BCUT2D eigenvalue weighted by Gasteiger charge is -2.28. The smallest absolute Gasteiger partial charge is 0.221 e. The van der Waals surface area contributed by atoms with Gasteiger partial charge in [0.25, 0.3) is 0 Å². The van der Waals surface area contributed by atoms with Crippen LogP contribution < -0.4 is 10.2 Å². The van der Waals surface area contributed by atoms with Crippen molar-refractivity contribution in [2.24, 2.45) is 7.05 Å². The number of amides is 1. The van der Waals surface area contributed by atoms with Crippen molar-refractivity contribution in [1.82, 2.24) is 25.1 Å². The molecule has 7 heteroatoms. The third-order valence-corrected chi connectivity index (χ3v) is 3.66. The summed E-state index contributed by atoms with van der Waals surface area (Å²) in [6.45, 7) is 5.25. The lowest BCUT2D eigenvalue weighted by molar-refractivity contribution is -0.120. The molecule has 2 aromatic rings. The maximum atomic E-state index is 11.6. The van der Waals surface area contributed by atoms with E-state index >= 15 is 0 Å². The van der Waals surface area contributed by atoms with E-state index in [-0.39, 0.29) is 11.9 Å². The van der Waals surface area contributed by atoms with Crippen molar-refractivity contribution in [3.05, 3.63) is 12.0 Å². The van der Waals surface area contributed by atoms with E-state index in [0.29, 0.717) is 25.3 Å². The van der Waals surface area contributed by atoms with Crippen LogP contribution in [0.25, 0.3) is 11.0 Å². The molecular formula is C13H18N6O. The van der Waals surface area contributed by atoms with Gasteiger partial charge in [0.1, 0.15) is 11.6 Å². The predicted octanol–water partition coefficient (Wildman–Crippen LogP) is 0.387. The van der Waals surface area contributed by atoms with E-state index in [0.717, 1.165) is 16.9 Å². The van der Waals surface area contributed by atoms with Gasteiger partial charge in [-0.05, 0) is 13.8 Å². The summed E-state index contributed by atoms with van der Waals surface area (Å²) in [4.78, 5) is 22.7. The number of carbonyl (C=O) groups is 1. The van der Waals surface area contributed by atoms with E-state index in [2.05, 4.69) is 32.2 Å². The van der Waals surface area contributed by atoms with Gasteiger partial charge in [-0.25, -0.2) is 9.97 Å². The second kappa shape index (κ2) is 4.73. The minimum absolute atomic E-state index is 0.0903. The van der Waals surface area contributed by atoms with Gasteiger partial charge in [0.05, 0.1) is 11.6 Å².